The molecule has 90 valence electrons. The molecular weight excluding hydrogens is 268 g/mol. The minimum Gasteiger partial charge on any atom is -0.377 e. The Bertz CT molecular complexity index is 300. The zero-order chi connectivity index (χ0) is 12.0. The van der Waals surface area contributed by atoms with Crippen LogP contribution >= 0.6 is 15.9 Å². The molecule has 0 heterocycles. The predicted octanol–water partition coefficient (Wildman–Crippen LogP) is 2.25. The van der Waals surface area contributed by atoms with E-state index in [1.165, 1.54) is 5.56 Å². The molecule has 1 aromatic rings. The molecule has 0 saturated heterocycles. The maximum atomic E-state index is 5.54. The molecule has 3 nitrogen and oxygen atoms in total. The van der Waals surface area contributed by atoms with Crippen molar-refractivity contribution in [2.75, 3.05) is 6.61 Å². The van der Waals surface area contributed by atoms with Gasteiger partial charge < -0.3 is 4.74 Å². The van der Waals surface area contributed by atoms with E-state index in [0.717, 1.165) is 10.9 Å². The Hall–Kier alpha value is -0.420. The van der Waals surface area contributed by atoms with Crippen LogP contribution < -0.4 is 11.3 Å². The molecule has 0 bridgehead atoms. The summed E-state index contributed by atoms with van der Waals surface area (Å²) in [6.45, 7) is 4.67. The number of rotatable bonds is 6. The van der Waals surface area contributed by atoms with Crippen LogP contribution in [0.15, 0.2) is 28.7 Å². The van der Waals surface area contributed by atoms with E-state index in [9.17, 15) is 0 Å². The zero-order valence-corrected chi connectivity index (χ0v) is 11.3. The number of hydrazine groups is 1. The van der Waals surface area contributed by atoms with Gasteiger partial charge in [0.1, 0.15) is 0 Å². The molecule has 1 rings (SSSR count). The minimum atomic E-state index is 0.156. The van der Waals surface area contributed by atoms with Crippen LogP contribution in [0.3, 0.4) is 0 Å². The Morgan fingerprint density at radius 2 is 1.94 bits per heavy atom. The average molecular weight is 287 g/mol. The van der Waals surface area contributed by atoms with Crippen LogP contribution in [0.5, 0.6) is 0 Å². The second kappa shape index (κ2) is 7.01. The van der Waals surface area contributed by atoms with Crippen molar-refractivity contribution in [1.82, 2.24) is 5.43 Å². The first-order valence-electron chi connectivity index (χ1n) is 5.44. The fourth-order valence-electron chi connectivity index (χ4n) is 1.38. The minimum absolute atomic E-state index is 0.156. The van der Waals surface area contributed by atoms with Crippen molar-refractivity contribution >= 4 is 15.9 Å². The van der Waals surface area contributed by atoms with Gasteiger partial charge in [0.05, 0.1) is 12.7 Å². The smallest absolute Gasteiger partial charge is 0.0639 e. The third-order valence-electron chi connectivity index (χ3n) is 2.26. The summed E-state index contributed by atoms with van der Waals surface area (Å²) >= 11 is 3.41. The fourth-order valence-corrected chi connectivity index (χ4v) is 1.64. The van der Waals surface area contributed by atoms with Gasteiger partial charge in [-0.2, -0.15) is 0 Å². The highest BCUT2D eigenvalue weighted by Gasteiger charge is 2.08. The summed E-state index contributed by atoms with van der Waals surface area (Å²) in [6, 6.07) is 8.40. The summed E-state index contributed by atoms with van der Waals surface area (Å²) in [5, 5.41) is 0. The molecule has 0 fully saturated rings. The highest BCUT2D eigenvalue weighted by Crippen LogP contribution is 2.12. The lowest BCUT2D eigenvalue weighted by molar-refractivity contribution is 0.0613. The van der Waals surface area contributed by atoms with E-state index in [1.54, 1.807) is 0 Å². The first kappa shape index (κ1) is 13.6. The molecule has 1 unspecified atom stereocenters. The molecule has 0 radical (unpaired) electrons. The van der Waals surface area contributed by atoms with Gasteiger partial charge in [0, 0.05) is 10.5 Å². The Morgan fingerprint density at radius 3 is 2.44 bits per heavy atom. The molecule has 0 amide bonds. The summed E-state index contributed by atoms with van der Waals surface area (Å²) in [4.78, 5) is 0. The summed E-state index contributed by atoms with van der Waals surface area (Å²) in [6.07, 6.45) is 1.11. The molecule has 1 atom stereocenters. The van der Waals surface area contributed by atoms with Gasteiger partial charge in [0.2, 0.25) is 0 Å². The average Bonchev–Trinajstić information content (AvgIpc) is 2.26. The summed E-state index contributed by atoms with van der Waals surface area (Å²) < 4.78 is 6.63. The molecule has 0 spiro atoms. The van der Waals surface area contributed by atoms with Crippen LogP contribution in [-0.2, 0) is 11.2 Å². The van der Waals surface area contributed by atoms with Crippen LogP contribution in [0, 0.1) is 0 Å². The van der Waals surface area contributed by atoms with Gasteiger partial charge in [0.25, 0.3) is 0 Å². The van der Waals surface area contributed by atoms with Crippen molar-refractivity contribution in [3.05, 3.63) is 34.3 Å². The maximum Gasteiger partial charge on any atom is 0.0639 e. The quantitative estimate of drug-likeness (QED) is 0.623. The van der Waals surface area contributed by atoms with E-state index < -0.39 is 0 Å². The van der Waals surface area contributed by atoms with Gasteiger partial charge in [-0.05, 0) is 38.0 Å². The second-order valence-electron chi connectivity index (χ2n) is 4.08. The van der Waals surface area contributed by atoms with Crippen molar-refractivity contribution in [3.63, 3.8) is 0 Å². The van der Waals surface area contributed by atoms with Crippen LogP contribution in [0.1, 0.15) is 19.4 Å². The van der Waals surface area contributed by atoms with Crippen LogP contribution in [-0.4, -0.2) is 18.8 Å². The maximum absolute atomic E-state index is 5.54. The van der Waals surface area contributed by atoms with E-state index in [1.807, 2.05) is 26.0 Å². The van der Waals surface area contributed by atoms with Crippen molar-refractivity contribution in [1.29, 1.82) is 0 Å². The second-order valence-corrected chi connectivity index (χ2v) is 4.99. The lowest BCUT2D eigenvalue weighted by atomic mass is 10.1. The van der Waals surface area contributed by atoms with Gasteiger partial charge in [-0.15, -0.1) is 0 Å². The predicted molar refractivity (Wildman–Crippen MR) is 70.0 cm³/mol. The Morgan fingerprint density at radius 1 is 1.31 bits per heavy atom. The fraction of sp³-hybridized carbons (Fsp3) is 0.500. The highest BCUT2D eigenvalue weighted by atomic mass is 79.9. The number of hydrogen-bond donors (Lipinski definition) is 2. The zero-order valence-electron chi connectivity index (χ0n) is 9.74. The third-order valence-corrected chi connectivity index (χ3v) is 2.79. The third kappa shape index (κ3) is 5.07. The van der Waals surface area contributed by atoms with Crippen LogP contribution in [0.4, 0.5) is 0 Å². The molecule has 4 heteroatoms. The van der Waals surface area contributed by atoms with Crippen LogP contribution in [0.2, 0.25) is 0 Å². The van der Waals surface area contributed by atoms with Crippen LogP contribution in [0.25, 0.3) is 0 Å². The molecule has 0 aliphatic rings. The van der Waals surface area contributed by atoms with Gasteiger partial charge >= 0.3 is 0 Å². The van der Waals surface area contributed by atoms with Gasteiger partial charge in [-0.25, -0.2) is 0 Å². The normalized spacial score (nSPS) is 13.1. The van der Waals surface area contributed by atoms with Gasteiger partial charge in [-0.3, -0.25) is 11.3 Å². The molecule has 0 aliphatic heterocycles. The van der Waals surface area contributed by atoms with E-state index >= 15 is 0 Å². The Kier molecular flexibility index (Phi) is 5.98. The van der Waals surface area contributed by atoms with E-state index in [2.05, 4.69) is 33.5 Å². The van der Waals surface area contributed by atoms with Crippen molar-refractivity contribution in [2.45, 2.75) is 32.4 Å². The summed E-state index contributed by atoms with van der Waals surface area (Å²) in [7, 11) is 0. The molecule has 1 aromatic carbocycles. The molecule has 16 heavy (non-hydrogen) atoms. The van der Waals surface area contributed by atoms with E-state index in [0.29, 0.717) is 6.61 Å². The number of hydrogen-bond acceptors (Lipinski definition) is 3. The highest BCUT2D eigenvalue weighted by molar-refractivity contribution is 9.10. The number of benzene rings is 1. The molecule has 3 N–H and O–H groups in total. The van der Waals surface area contributed by atoms with E-state index in [-0.39, 0.29) is 12.1 Å². The standard InChI is InChI=1S/C12H19BrN2O/c1-9(2)16-8-12(15-14)7-10-3-5-11(13)6-4-10/h3-6,9,12,15H,7-8,14H2,1-2H3. The Labute approximate surface area is 105 Å². The molecular formula is C12H19BrN2O. The first-order valence-corrected chi connectivity index (χ1v) is 6.23. The topological polar surface area (TPSA) is 47.3 Å². The van der Waals surface area contributed by atoms with Gasteiger partial charge in [0.15, 0.2) is 0 Å². The lowest BCUT2D eigenvalue weighted by Gasteiger charge is -2.17. The van der Waals surface area contributed by atoms with Gasteiger partial charge in [-0.1, -0.05) is 28.1 Å². The van der Waals surface area contributed by atoms with Crippen molar-refractivity contribution in [3.8, 4) is 0 Å². The monoisotopic (exact) mass is 286 g/mol. The van der Waals surface area contributed by atoms with E-state index in [4.69, 9.17) is 10.6 Å². The number of nitrogens with two attached hydrogens (primary N) is 1. The SMILES string of the molecule is CC(C)OCC(Cc1ccc(Br)cc1)NN. The number of nitrogens with one attached hydrogen (secondary N) is 1. The summed E-state index contributed by atoms with van der Waals surface area (Å²) in [5.41, 5.74) is 4.03. The molecule has 0 aliphatic carbocycles. The molecule has 0 saturated carbocycles. The first-order chi connectivity index (χ1) is 7.61. The van der Waals surface area contributed by atoms with Crippen molar-refractivity contribution in [2.24, 2.45) is 5.84 Å². The van der Waals surface area contributed by atoms with Crippen molar-refractivity contribution < 1.29 is 4.74 Å². The largest absolute Gasteiger partial charge is 0.377 e. The Balaban J connectivity index is 2.46. The number of ether oxygens (including phenoxy) is 1. The summed E-state index contributed by atoms with van der Waals surface area (Å²) in [5.74, 6) is 5.50. The number of halogens is 1. The lowest BCUT2D eigenvalue weighted by Crippen LogP contribution is -2.40. The molecule has 0 aromatic heterocycles.